The first-order valence-corrected chi connectivity index (χ1v) is 17.3. The summed E-state index contributed by atoms with van der Waals surface area (Å²) in [7, 11) is 3.00. The maximum absolute atomic E-state index is 13.7. The SMILES string of the molecule is COc1cccc(/C=C(/NC(=O)c2ccccc2)C(=O)Nc2cccc(SC(C)C(=O)Nc3sc4c(c3C#N)CCN(C(C)=O)C4)c2)c1OC. The lowest BCUT2D eigenvalue weighted by Gasteiger charge is -2.25. The van der Waals surface area contributed by atoms with Crippen molar-refractivity contribution in [1.82, 2.24) is 10.2 Å². The first-order chi connectivity index (χ1) is 24.1. The van der Waals surface area contributed by atoms with Crippen LogP contribution < -0.4 is 25.4 Å². The van der Waals surface area contributed by atoms with Gasteiger partial charge in [-0.25, -0.2) is 0 Å². The molecule has 3 N–H and O–H groups in total. The Morgan fingerprint density at radius 2 is 1.76 bits per heavy atom. The fourth-order valence-corrected chi connectivity index (χ4v) is 7.46. The lowest BCUT2D eigenvalue weighted by Crippen LogP contribution is -2.33. The van der Waals surface area contributed by atoms with E-state index in [1.165, 1.54) is 50.3 Å². The van der Waals surface area contributed by atoms with Crippen molar-refractivity contribution in [3.8, 4) is 17.6 Å². The van der Waals surface area contributed by atoms with Crippen molar-refractivity contribution in [1.29, 1.82) is 5.26 Å². The van der Waals surface area contributed by atoms with E-state index in [1.54, 1.807) is 78.6 Å². The molecular weight excluding hydrogens is 675 g/mol. The number of nitriles is 1. The average Bonchev–Trinajstić information content (AvgIpc) is 3.47. The molecule has 0 fully saturated rings. The number of rotatable bonds is 11. The van der Waals surface area contributed by atoms with E-state index in [2.05, 4.69) is 22.0 Å². The zero-order valence-electron chi connectivity index (χ0n) is 27.9. The molecule has 1 atom stereocenters. The van der Waals surface area contributed by atoms with Gasteiger partial charge in [0.25, 0.3) is 11.8 Å². The van der Waals surface area contributed by atoms with Crippen LogP contribution in [0.3, 0.4) is 0 Å². The van der Waals surface area contributed by atoms with E-state index < -0.39 is 17.1 Å². The highest BCUT2D eigenvalue weighted by Crippen LogP contribution is 2.37. The average molecular weight is 710 g/mol. The van der Waals surface area contributed by atoms with Crippen molar-refractivity contribution >= 4 is 63.5 Å². The number of thiophene rings is 1. The molecule has 11 nitrogen and oxygen atoms in total. The molecule has 0 saturated heterocycles. The quantitative estimate of drug-likeness (QED) is 0.126. The number of anilines is 2. The molecule has 1 aliphatic rings. The van der Waals surface area contributed by atoms with Crippen molar-refractivity contribution in [2.24, 2.45) is 0 Å². The number of para-hydroxylation sites is 1. The summed E-state index contributed by atoms with van der Waals surface area (Å²) in [6.45, 7) is 4.23. The molecule has 0 aliphatic carbocycles. The Hall–Kier alpha value is -5.58. The maximum Gasteiger partial charge on any atom is 0.272 e. The van der Waals surface area contributed by atoms with Gasteiger partial charge in [-0.15, -0.1) is 23.1 Å². The predicted octanol–water partition coefficient (Wildman–Crippen LogP) is 6.07. The summed E-state index contributed by atoms with van der Waals surface area (Å²) < 4.78 is 10.9. The third-order valence-electron chi connectivity index (χ3n) is 7.89. The van der Waals surface area contributed by atoms with Gasteiger partial charge in [-0.1, -0.05) is 36.4 Å². The van der Waals surface area contributed by atoms with E-state index in [0.29, 0.717) is 63.3 Å². The number of methoxy groups -OCH3 is 2. The van der Waals surface area contributed by atoms with Crippen LogP contribution in [0.2, 0.25) is 0 Å². The van der Waals surface area contributed by atoms with Gasteiger partial charge in [-0.05, 0) is 61.4 Å². The first kappa shape index (κ1) is 35.7. The number of carbonyl (C=O) groups is 4. The molecule has 256 valence electrons. The summed E-state index contributed by atoms with van der Waals surface area (Å²) >= 11 is 2.61. The Labute approximate surface area is 298 Å². The Morgan fingerprint density at radius 1 is 1.00 bits per heavy atom. The van der Waals surface area contributed by atoms with Crippen LogP contribution in [0.15, 0.2) is 83.4 Å². The zero-order valence-corrected chi connectivity index (χ0v) is 29.5. The summed E-state index contributed by atoms with van der Waals surface area (Å²) in [6, 6.07) is 23.0. The number of ether oxygens (including phenoxy) is 2. The molecule has 0 saturated carbocycles. The molecule has 0 spiro atoms. The second-order valence-corrected chi connectivity index (χ2v) is 13.7. The Kier molecular flexibility index (Phi) is 11.6. The first-order valence-electron chi connectivity index (χ1n) is 15.6. The molecule has 13 heteroatoms. The minimum atomic E-state index is -0.582. The normalized spacial score (nSPS) is 12.9. The summed E-state index contributed by atoms with van der Waals surface area (Å²) in [5.41, 5.74) is 2.62. The van der Waals surface area contributed by atoms with E-state index in [4.69, 9.17) is 9.47 Å². The van der Waals surface area contributed by atoms with E-state index in [-0.39, 0.29) is 17.5 Å². The van der Waals surface area contributed by atoms with Crippen molar-refractivity contribution in [3.63, 3.8) is 0 Å². The van der Waals surface area contributed by atoms with Crippen LogP contribution in [0.4, 0.5) is 10.7 Å². The lowest BCUT2D eigenvalue weighted by molar-refractivity contribution is -0.129. The largest absolute Gasteiger partial charge is 0.493 e. The summed E-state index contributed by atoms with van der Waals surface area (Å²) in [5.74, 6) is -0.522. The number of carbonyl (C=O) groups excluding carboxylic acids is 4. The number of benzene rings is 3. The number of hydrogen-bond donors (Lipinski definition) is 3. The minimum Gasteiger partial charge on any atom is -0.493 e. The van der Waals surface area contributed by atoms with Crippen LogP contribution in [0.25, 0.3) is 6.08 Å². The third-order valence-corrected chi connectivity index (χ3v) is 10.1. The molecule has 4 aromatic rings. The number of nitrogens with one attached hydrogen (secondary N) is 3. The standard InChI is InChI=1S/C37H35N5O6S2/c1-22(34(44)41-37-29(20-38)28-16-17-42(23(2)43)21-32(28)50-37)49-27-14-9-13-26(19-27)39-36(46)30(40-35(45)24-10-6-5-7-11-24)18-25-12-8-15-31(47-3)33(25)48-4/h5-15,18-19,22H,16-17,21H2,1-4H3,(H,39,46)(H,40,45)(H,41,44)/b30-18+. The molecule has 1 unspecified atom stereocenters. The molecule has 0 bridgehead atoms. The van der Waals surface area contributed by atoms with Crippen LogP contribution in [0, 0.1) is 11.3 Å². The predicted molar refractivity (Wildman–Crippen MR) is 194 cm³/mol. The highest BCUT2D eigenvalue weighted by molar-refractivity contribution is 8.00. The van der Waals surface area contributed by atoms with Gasteiger partial charge in [0.1, 0.15) is 16.8 Å². The lowest BCUT2D eigenvalue weighted by atomic mass is 10.0. The van der Waals surface area contributed by atoms with Crippen LogP contribution >= 0.6 is 23.1 Å². The van der Waals surface area contributed by atoms with Gasteiger partial charge in [0.15, 0.2) is 11.5 Å². The minimum absolute atomic E-state index is 0.0298. The molecule has 5 rings (SSSR count). The van der Waals surface area contributed by atoms with Gasteiger partial charge in [0.2, 0.25) is 11.8 Å². The van der Waals surface area contributed by atoms with Gasteiger partial charge in [-0.2, -0.15) is 5.26 Å². The number of amides is 4. The molecule has 1 aromatic heterocycles. The van der Waals surface area contributed by atoms with Gasteiger partial charge in [0, 0.05) is 40.1 Å². The van der Waals surface area contributed by atoms with Gasteiger partial charge in [-0.3, -0.25) is 19.2 Å². The van der Waals surface area contributed by atoms with Crippen LogP contribution in [0.1, 0.15) is 45.8 Å². The molecule has 50 heavy (non-hydrogen) atoms. The second kappa shape index (κ2) is 16.2. The van der Waals surface area contributed by atoms with Gasteiger partial charge < -0.3 is 30.3 Å². The zero-order chi connectivity index (χ0) is 35.8. The van der Waals surface area contributed by atoms with Gasteiger partial charge >= 0.3 is 0 Å². The summed E-state index contributed by atoms with van der Waals surface area (Å²) in [5, 5.41) is 18.3. The van der Waals surface area contributed by atoms with E-state index >= 15 is 0 Å². The Morgan fingerprint density at radius 3 is 2.46 bits per heavy atom. The van der Waals surface area contributed by atoms with Gasteiger partial charge in [0.05, 0.1) is 31.6 Å². The van der Waals surface area contributed by atoms with E-state index in [9.17, 15) is 24.4 Å². The Bertz CT molecular complexity index is 2000. The van der Waals surface area contributed by atoms with Crippen LogP contribution in [0.5, 0.6) is 11.5 Å². The fraction of sp³-hybridized carbons (Fsp3) is 0.216. The van der Waals surface area contributed by atoms with Crippen LogP contribution in [-0.4, -0.2) is 54.5 Å². The van der Waals surface area contributed by atoms with Crippen LogP contribution in [-0.2, 0) is 27.3 Å². The van der Waals surface area contributed by atoms with E-state index in [1.807, 2.05) is 6.07 Å². The highest BCUT2D eigenvalue weighted by atomic mass is 32.2. The smallest absolute Gasteiger partial charge is 0.272 e. The number of hydrogen-bond acceptors (Lipinski definition) is 9. The fourth-order valence-electron chi connectivity index (χ4n) is 5.32. The molecular formula is C37H35N5O6S2. The molecule has 2 heterocycles. The molecule has 1 aliphatic heterocycles. The monoisotopic (exact) mass is 709 g/mol. The molecule has 3 aromatic carbocycles. The summed E-state index contributed by atoms with van der Waals surface area (Å²) in [4.78, 5) is 55.3. The van der Waals surface area contributed by atoms with Crippen molar-refractivity contribution in [2.75, 3.05) is 31.4 Å². The second-order valence-electron chi connectivity index (χ2n) is 11.2. The topological polar surface area (TPSA) is 150 Å². The maximum atomic E-state index is 13.7. The highest BCUT2D eigenvalue weighted by Gasteiger charge is 2.27. The Balaban J connectivity index is 1.32. The molecule has 0 radical (unpaired) electrons. The van der Waals surface area contributed by atoms with Crippen molar-refractivity contribution < 1.29 is 28.7 Å². The molecule has 4 amide bonds. The van der Waals surface area contributed by atoms with E-state index in [0.717, 1.165) is 10.4 Å². The third kappa shape index (κ3) is 8.34. The number of thioether (sulfide) groups is 1. The van der Waals surface area contributed by atoms with Crippen molar-refractivity contribution in [2.45, 2.75) is 37.0 Å². The van der Waals surface area contributed by atoms with Crippen molar-refractivity contribution in [3.05, 3.63) is 106 Å². The summed E-state index contributed by atoms with van der Waals surface area (Å²) in [6.07, 6.45) is 2.07. The number of nitrogens with zero attached hydrogens (tertiary/aromatic N) is 2. The number of fused-ring (bicyclic) bond motifs is 1.